The zero-order chi connectivity index (χ0) is 26.4. The predicted octanol–water partition coefficient (Wildman–Crippen LogP) is 4.14. The van der Waals surface area contributed by atoms with Crippen LogP contribution in [0.15, 0.2) is 40.3 Å². The molecule has 0 N–H and O–H groups in total. The number of esters is 1. The van der Waals surface area contributed by atoms with Crippen LogP contribution in [0.2, 0.25) is 0 Å². The van der Waals surface area contributed by atoms with Crippen molar-refractivity contribution in [1.82, 2.24) is 9.55 Å². The van der Waals surface area contributed by atoms with Gasteiger partial charge in [0.1, 0.15) is 10.8 Å². The molecular weight excluding hydrogens is 490 g/mol. The van der Waals surface area contributed by atoms with Crippen LogP contribution in [-0.2, 0) is 9.53 Å². The summed E-state index contributed by atoms with van der Waals surface area (Å²) in [5, 5.41) is 10.9. The average molecular weight is 518 g/mol. The SMILES string of the molecule is CCCC(Sc1nc2c(OC)c(OC)c(OC)cc2c(=O)n1-c1ccc([N+](=O)[O-])cc1)C(=O)OCC. The van der Waals surface area contributed by atoms with Crippen LogP contribution in [0.5, 0.6) is 17.2 Å². The van der Waals surface area contributed by atoms with Crippen molar-refractivity contribution in [3.05, 3.63) is 50.8 Å². The normalized spacial score (nSPS) is 11.7. The highest BCUT2D eigenvalue weighted by molar-refractivity contribution is 8.00. The Labute approximate surface area is 211 Å². The smallest absolute Gasteiger partial charge is 0.319 e. The second-order valence-corrected chi connectivity index (χ2v) is 8.67. The van der Waals surface area contributed by atoms with Crippen LogP contribution < -0.4 is 19.8 Å². The Morgan fingerprint density at radius 2 is 1.78 bits per heavy atom. The quantitative estimate of drug-likeness (QED) is 0.120. The number of nitro groups is 1. The summed E-state index contributed by atoms with van der Waals surface area (Å²) < 4.78 is 22.9. The molecule has 36 heavy (non-hydrogen) atoms. The molecule has 0 bridgehead atoms. The van der Waals surface area contributed by atoms with E-state index < -0.39 is 21.7 Å². The van der Waals surface area contributed by atoms with Gasteiger partial charge in [-0.2, -0.15) is 0 Å². The molecular formula is C24H27N3O8S. The van der Waals surface area contributed by atoms with Crippen LogP contribution in [0.1, 0.15) is 26.7 Å². The first-order valence-electron chi connectivity index (χ1n) is 11.1. The van der Waals surface area contributed by atoms with E-state index >= 15 is 0 Å². The highest BCUT2D eigenvalue weighted by Crippen LogP contribution is 2.42. The molecule has 0 aliphatic heterocycles. The number of hydrogen-bond acceptors (Lipinski definition) is 10. The van der Waals surface area contributed by atoms with Gasteiger partial charge in [-0.1, -0.05) is 25.1 Å². The molecule has 1 heterocycles. The van der Waals surface area contributed by atoms with Gasteiger partial charge in [-0.05, 0) is 31.5 Å². The molecule has 2 aromatic carbocycles. The number of fused-ring (bicyclic) bond motifs is 1. The number of methoxy groups -OCH3 is 3. The Morgan fingerprint density at radius 1 is 1.11 bits per heavy atom. The van der Waals surface area contributed by atoms with Gasteiger partial charge in [0.25, 0.3) is 11.2 Å². The lowest BCUT2D eigenvalue weighted by Gasteiger charge is -2.19. The third-order valence-corrected chi connectivity index (χ3v) is 6.50. The number of thioether (sulfide) groups is 1. The highest BCUT2D eigenvalue weighted by atomic mass is 32.2. The molecule has 0 spiro atoms. The van der Waals surface area contributed by atoms with E-state index in [1.165, 1.54) is 56.2 Å². The summed E-state index contributed by atoms with van der Waals surface area (Å²) in [6, 6.07) is 6.99. The molecule has 192 valence electrons. The topological polar surface area (TPSA) is 132 Å². The molecule has 11 nitrogen and oxygen atoms in total. The van der Waals surface area contributed by atoms with Gasteiger partial charge >= 0.3 is 5.97 Å². The van der Waals surface area contributed by atoms with E-state index in [4.69, 9.17) is 23.9 Å². The molecule has 3 aromatic rings. The number of aromatic nitrogens is 2. The number of nitrogens with zero attached hydrogens (tertiary/aromatic N) is 3. The molecule has 0 aliphatic carbocycles. The Kier molecular flexibility index (Phi) is 8.75. The lowest BCUT2D eigenvalue weighted by atomic mass is 10.2. The number of carbonyl (C=O) groups excluding carboxylic acids is 1. The third-order valence-electron chi connectivity index (χ3n) is 5.30. The minimum absolute atomic E-state index is 0.127. The summed E-state index contributed by atoms with van der Waals surface area (Å²) in [5.41, 5.74) is -0.0387. The zero-order valence-electron chi connectivity index (χ0n) is 20.6. The van der Waals surface area contributed by atoms with Crippen molar-refractivity contribution in [1.29, 1.82) is 0 Å². The summed E-state index contributed by atoms with van der Waals surface area (Å²) in [6.07, 6.45) is 1.18. The van der Waals surface area contributed by atoms with Crippen LogP contribution >= 0.6 is 11.8 Å². The van der Waals surface area contributed by atoms with Gasteiger partial charge < -0.3 is 18.9 Å². The molecule has 0 aliphatic rings. The summed E-state index contributed by atoms with van der Waals surface area (Å²) in [6.45, 7) is 3.87. The Balaban J connectivity index is 2.35. The summed E-state index contributed by atoms with van der Waals surface area (Å²) in [4.78, 5) is 41.8. The molecule has 0 radical (unpaired) electrons. The van der Waals surface area contributed by atoms with Crippen molar-refractivity contribution >= 4 is 34.3 Å². The monoisotopic (exact) mass is 517 g/mol. The predicted molar refractivity (Wildman–Crippen MR) is 135 cm³/mol. The fourth-order valence-electron chi connectivity index (χ4n) is 3.65. The van der Waals surface area contributed by atoms with Gasteiger partial charge in [0, 0.05) is 12.1 Å². The van der Waals surface area contributed by atoms with Crippen molar-refractivity contribution in [3.8, 4) is 22.9 Å². The molecule has 1 aromatic heterocycles. The number of non-ortho nitro benzene ring substituents is 1. The first-order valence-corrected chi connectivity index (χ1v) is 12.0. The van der Waals surface area contributed by atoms with Crippen LogP contribution in [0, 0.1) is 10.1 Å². The van der Waals surface area contributed by atoms with Crippen molar-refractivity contribution in [2.24, 2.45) is 0 Å². The molecule has 0 amide bonds. The molecule has 1 unspecified atom stereocenters. The number of carbonyl (C=O) groups is 1. The lowest BCUT2D eigenvalue weighted by Crippen LogP contribution is -2.26. The number of rotatable bonds is 11. The van der Waals surface area contributed by atoms with Crippen molar-refractivity contribution in [2.45, 2.75) is 37.1 Å². The number of ether oxygens (including phenoxy) is 4. The van der Waals surface area contributed by atoms with E-state index in [1.807, 2.05) is 6.92 Å². The van der Waals surface area contributed by atoms with Crippen molar-refractivity contribution in [2.75, 3.05) is 27.9 Å². The summed E-state index contributed by atoms with van der Waals surface area (Å²) in [7, 11) is 4.30. The van der Waals surface area contributed by atoms with Gasteiger partial charge in [0.2, 0.25) is 5.75 Å². The van der Waals surface area contributed by atoms with Crippen LogP contribution in [0.3, 0.4) is 0 Å². The Morgan fingerprint density at radius 3 is 2.31 bits per heavy atom. The van der Waals surface area contributed by atoms with E-state index in [-0.39, 0.29) is 45.6 Å². The summed E-state index contributed by atoms with van der Waals surface area (Å²) in [5.74, 6) is 0.309. The van der Waals surface area contributed by atoms with Gasteiger partial charge in [0.15, 0.2) is 16.7 Å². The molecule has 1 atom stereocenters. The highest BCUT2D eigenvalue weighted by Gasteiger charge is 2.27. The largest absolute Gasteiger partial charge is 0.493 e. The maximum absolute atomic E-state index is 13.8. The van der Waals surface area contributed by atoms with Gasteiger partial charge in [-0.3, -0.25) is 24.3 Å². The molecule has 0 fully saturated rings. The fourth-order valence-corrected chi connectivity index (χ4v) is 4.86. The van der Waals surface area contributed by atoms with Crippen molar-refractivity contribution in [3.63, 3.8) is 0 Å². The van der Waals surface area contributed by atoms with Gasteiger partial charge in [-0.25, -0.2) is 4.98 Å². The average Bonchev–Trinajstić information content (AvgIpc) is 2.87. The molecule has 12 heteroatoms. The number of nitro benzene ring substituents is 1. The van der Waals surface area contributed by atoms with Crippen LogP contribution in [0.4, 0.5) is 5.69 Å². The second kappa shape index (κ2) is 11.8. The minimum atomic E-state index is -0.630. The van der Waals surface area contributed by atoms with Crippen LogP contribution in [0.25, 0.3) is 16.6 Å². The van der Waals surface area contributed by atoms with Crippen LogP contribution in [-0.4, -0.2) is 53.6 Å². The molecule has 0 saturated carbocycles. The van der Waals surface area contributed by atoms with Gasteiger partial charge in [-0.15, -0.1) is 0 Å². The second-order valence-electron chi connectivity index (χ2n) is 7.50. The standard InChI is InChI=1S/C24H27N3O8S/c1-6-8-18(23(29)35-7-2)36-24-25-19-16(13-17(32-3)20(33-4)21(19)34-5)22(28)26(24)14-9-11-15(12-10-14)27(30)31/h9-13,18H,6-8H2,1-5H3. The summed E-state index contributed by atoms with van der Waals surface area (Å²) >= 11 is 1.08. The number of hydrogen-bond donors (Lipinski definition) is 0. The fraction of sp³-hybridized carbons (Fsp3) is 0.375. The molecule has 3 rings (SSSR count). The van der Waals surface area contributed by atoms with Gasteiger partial charge in [0.05, 0.1) is 43.9 Å². The lowest BCUT2D eigenvalue weighted by molar-refractivity contribution is -0.384. The van der Waals surface area contributed by atoms with E-state index in [1.54, 1.807) is 6.92 Å². The van der Waals surface area contributed by atoms with E-state index in [0.717, 1.165) is 11.8 Å². The first-order chi connectivity index (χ1) is 17.3. The maximum atomic E-state index is 13.8. The zero-order valence-corrected chi connectivity index (χ0v) is 21.4. The van der Waals surface area contributed by atoms with E-state index in [0.29, 0.717) is 18.5 Å². The van der Waals surface area contributed by atoms with E-state index in [2.05, 4.69) is 0 Å². The third kappa shape index (κ3) is 5.23. The number of benzene rings is 2. The van der Waals surface area contributed by atoms with E-state index in [9.17, 15) is 19.7 Å². The Bertz CT molecular complexity index is 1320. The first kappa shape index (κ1) is 26.8. The molecule has 0 saturated heterocycles. The van der Waals surface area contributed by atoms with Crippen molar-refractivity contribution < 1.29 is 28.7 Å². The Hall–Kier alpha value is -3.80. The minimum Gasteiger partial charge on any atom is -0.493 e. The maximum Gasteiger partial charge on any atom is 0.319 e.